The van der Waals surface area contributed by atoms with Gasteiger partial charge in [-0.25, -0.2) is 13.4 Å². The largest absolute Gasteiger partial charge is 0.473 e. The molecule has 19 heavy (non-hydrogen) atoms. The molecule has 0 aliphatic carbocycles. The minimum absolute atomic E-state index is 0.0321. The molecule has 1 aromatic rings. The zero-order chi connectivity index (χ0) is 14.5. The summed E-state index contributed by atoms with van der Waals surface area (Å²) in [6, 6.07) is 0. The Morgan fingerprint density at radius 2 is 2.11 bits per heavy atom. The molecule has 0 bridgehead atoms. The number of hydrogen-bond donors (Lipinski definition) is 2. The van der Waals surface area contributed by atoms with Crippen LogP contribution in [0.5, 0.6) is 5.88 Å². The summed E-state index contributed by atoms with van der Waals surface area (Å²) in [5, 5.41) is 2.98. The van der Waals surface area contributed by atoms with Crippen LogP contribution < -0.4 is 15.8 Å². The molecule has 0 aliphatic heterocycles. The molecule has 0 spiro atoms. The van der Waals surface area contributed by atoms with E-state index in [2.05, 4.69) is 15.3 Å². The summed E-state index contributed by atoms with van der Waals surface area (Å²) in [6.45, 7) is 4.22. The first-order valence-electron chi connectivity index (χ1n) is 5.98. The van der Waals surface area contributed by atoms with Crippen molar-refractivity contribution in [3.8, 4) is 5.88 Å². The Morgan fingerprint density at radius 1 is 1.42 bits per heavy atom. The van der Waals surface area contributed by atoms with E-state index in [0.29, 0.717) is 30.4 Å². The van der Waals surface area contributed by atoms with Crippen molar-refractivity contribution in [2.75, 3.05) is 29.6 Å². The Labute approximate surface area is 113 Å². The molecule has 0 fully saturated rings. The number of anilines is 2. The third-order valence-electron chi connectivity index (χ3n) is 2.18. The molecule has 1 rings (SSSR count). The Kier molecular flexibility index (Phi) is 5.34. The number of aromatic nitrogens is 2. The van der Waals surface area contributed by atoms with Gasteiger partial charge < -0.3 is 15.8 Å². The average Bonchev–Trinajstić information content (AvgIpc) is 2.27. The van der Waals surface area contributed by atoms with E-state index in [4.69, 9.17) is 10.5 Å². The summed E-state index contributed by atoms with van der Waals surface area (Å²) >= 11 is 0. The highest BCUT2D eigenvalue weighted by atomic mass is 32.2. The predicted octanol–water partition coefficient (Wildman–Crippen LogP) is 0.693. The van der Waals surface area contributed by atoms with Gasteiger partial charge in [0.15, 0.2) is 5.82 Å². The van der Waals surface area contributed by atoms with E-state index in [0.717, 1.165) is 0 Å². The molecule has 1 heterocycles. The van der Waals surface area contributed by atoms with Gasteiger partial charge >= 0.3 is 0 Å². The van der Waals surface area contributed by atoms with Gasteiger partial charge in [-0.15, -0.1) is 0 Å². The van der Waals surface area contributed by atoms with E-state index in [1.54, 1.807) is 0 Å². The summed E-state index contributed by atoms with van der Waals surface area (Å²) in [4.78, 5) is 7.96. The van der Waals surface area contributed by atoms with Crippen molar-refractivity contribution in [1.82, 2.24) is 9.97 Å². The van der Waals surface area contributed by atoms with Gasteiger partial charge in [-0.3, -0.25) is 0 Å². The molecule has 0 amide bonds. The molecule has 1 aromatic heterocycles. The fraction of sp³-hybridized carbons (Fsp3) is 0.636. The van der Waals surface area contributed by atoms with Gasteiger partial charge in [-0.05, 0) is 20.3 Å². The first kappa shape index (κ1) is 15.5. The third-order valence-corrected chi connectivity index (χ3v) is 3.21. The maximum absolute atomic E-state index is 11.0. The quantitative estimate of drug-likeness (QED) is 0.711. The van der Waals surface area contributed by atoms with Crippen LogP contribution in [0.15, 0.2) is 6.33 Å². The number of nitrogens with one attached hydrogen (secondary N) is 1. The highest BCUT2D eigenvalue weighted by Gasteiger charge is 2.10. The van der Waals surface area contributed by atoms with Crippen molar-refractivity contribution in [2.24, 2.45) is 0 Å². The molecule has 0 aromatic carbocycles. The molecular formula is C11H20N4O3S. The van der Waals surface area contributed by atoms with Crippen molar-refractivity contribution >= 4 is 21.3 Å². The van der Waals surface area contributed by atoms with Crippen molar-refractivity contribution in [3.05, 3.63) is 6.33 Å². The van der Waals surface area contributed by atoms with Gasteiger partial charge in [0, 0.05) is 12.8 Å². The maximum atomic E-state index is 11.0. The van der Waals surface area contributed by atoms with Crippen LogP contribution in [0.4, 0.5) is 11.5 Å². The van der Waals surface area contributed by atoms with Crippen LogP contribution in [0.3, 0.4) is 0 Å². The molecule has 0 saturated heterocycles. The number of nitrogens with zero attached hydrogens (tertiary/aromatic N) is 2. The van der Waals surface area contributed by atoms with Crippen LogP contribution in [0.1, 0.15) is 20.3 Å². The lowest BCUT2D eigenvalue weighted by Crippen LogP contribution is -2.14. The first-order valence-corrected chi connectivity index (χ1v) is 8.04. The maximum Gasteiger partial charge on any atom is 0.242 e. The third kappa shape index (κ3) is 5.73. The van der Waals surface area contributed by atoms with Crippen molar-refractivity contribution in [1.29, 1.82) is 0 Å². The van der Waals surface area contributed by atoms with Gasteiger partial charge in [-0.1, -0.05) is 0 Å². The highest BCUT2D eigenvalue weighted by molar-refractivity contribution is 7.90. The van der Waals surface area contributed by atoms with Crippen molar-refractivity contribution < 1.29 is 13.2 Å². The van der Waals surface area contributed by atoms with Crippen molar-refractivity contribution in [3.63, 3.8) is 0 Å². The SMILES string of the molecule is CC(C)Oc1ncnc(NCCCS(C)(=O)=O)c1N. The number of ether oxygens (including phenoxy) is 1. The molecule has 108 valence electrons. The minimum Gasteiger partial charge on any atom is -0.473 e. The van der Waals surface area contributed by atoms with Crippen LogP contribution in [0, 0.1) is 0 Å². The minimum atomic E-state index is -2.94. The molecule has 0 atom stereocenters. The summed E-state index contributed by atoms with van der Waals surface area (Å²) in [6.07, 6.45) is 3.02. The van der Waals surface area contributed by atoms with Gasteiger partial charge in [0.25, 0.3) is 0 Å². The van der Waals surface area contributed by atoms with E-state index in [9.17, 15) is 8.42 Å². The zero-order valence-corrected chi connectivity index (χ0v) is 12.2. The molecule has 8 heteroatoms. The second-order valence-electron chi connectivity index (χ2n) is 4.52. The second-order valence-corrected chi connectivity index (χ2v) is 6.78. The normalized spacial score (nSPS) is 11.6. The zero-order valence-electron chi connectivity index (χ0n) is 11.4. The lowest BCUT2D eigenvalue weighted by atomic mass is 10.4. The van der Waals surface area contributed by atoms with E-state index in [-0.39, 0.29) is 11.9 Å². The lowest BCUT2D eigenvalue weighted by molar-refractivity contribution is 0.234. The van der Waals surface area contributed by atoms with E-state index in [1.165, 1.54) is 12.6 Å². The number of rotatable bonds is 7. The number of nitrogen functional groups attached to an aromatic ring is 1. The molecule has 7 nitrogen and oxygen atoms in total. The van der Waals surface area contributed by atoms with Crippen LogP contribution in [-0.4, -0.2) is 43.0 Å². The number of sulfone groups is 1. The van der Waals surface area contributed by atoms with E-state index < -0.39 is 9.84 Å². The number of hydrogen-bond acceptors (Lipinski definition) is 7. The Bertz CT molecular complexity index is 517. The Morgan fingerprint density at radius 3 is 2.68 bits per heavy atom. The van der Waals surface area contributed by atoms with Gasteiger partial charge in [-0.2, -0.15) is 4.98 Å². The summed E-state index contributed by atoms with van der Waals surface area (Å²) in [5.41, 5.74) is 6.20. The van der Waals surface area contributed by atoms with E-state index >= 15 is 0 Å². The molecule has 0 unspecified atom stereocenters. The van der Waals surface area contributed by atoms with Crippen LogP contribution in [0.2, 0.25) is 0 Å². The van der Waals surface area contributed by atoms with E-state index in [1.807, 2.05) is 13.8 Å². The topological polar surface area (TPSA) is 107 Å². The average molecular weight is 288 g/mol. The molecule has 0 aliphatic rings. The highest BCUT2D eigenvalue weighted by Crippen LogP contribution is 2.25. The second kappa shape index (κ2) is 6.55. The van der Waals surface area contributed by atoms with Gasteiger partial charge in [0.2, 0.25) is 5.88 Å². The Balaban J connectivity index is 2.59. The van der Waals surface area contributed by atoms with Crippen molar-refractivity contribution in [2.45, 2.75) is 26.4 Å². The fourth-order valence-electron chi connectivity index (χ4n) is 1.38. The molecule has 0 saturated carbocycles. The molecular weight excluding hydrogens is 268 g/mol. The standard InChI is InChI=1S/C11H20N4O3S/c1-8(2)18-11-9(12)10(14-7-15-11)13-5-4-6-19(3,16)17/h7-8H,4-6,12H2,1-3H3,(H,13,14,15). The lowest BCUT2D eigenvalue weighted by Gasteiger charge is -2.13. The molecule has 3 N–H and O–H groups in total. The van der Waals surface area contributed by atoms with Crippen LogP contribution in [-0.2, 0) is 9.84 Å². The van der Waals surface area contributed by atoms with Gasteiger partial charge in [0.05, 0.1) is 11.9 Å². The summed E-state index contributed by atoms with van der Waals surface area (Å²) in [5.74, 6) is 0.912. The fourth-order valence-corrected chi connectivity index (χ4v) is 2.05. The van der Waals surface area contributed by atoms with Crippen LogP contribution >= 0.6 is 0 Å². The number of nitrogens with two attached hydrogens (primary N) is 1. The van der Waals surface area contributed by atoms with Gasteiger partial charge in [0.1, 0.15) is 21.9 Å². The first-order chi connectivity index (χ1) is 8.79. The van der Waals surface area contributed by atoms with Crippen LogP contribution in [0.25, 0.3) is 0 Å². The monoisotopic (exact) mass is 288 g/mol. The summed E-state index contributed by atoms with van der Waals surface area (Å²) < 4.78 is 27.4. The Hall–Kier alpha value is -1.57. The smallest absolute Gasteiger partial charge is 0.242 e. The molecule has 0 radical (unpaired) electrons. The summed E-state index contributed by atoms with van der Waals surface area (Å²) in [7, 11) is -2.94. The predicted molar refractivity (Wildman–Crippen MR) is 75.0 cm³/mol.